The molecule has 1 aliphatic heterocycles. The zero-order valence-corrected chi connectivity index (χ0v) is 15.3. The molecule has 0 atom stereocenters. The van der Waals surface area contributed by atoms with Crippen molar-refractivity contribution in [3.63, 3.8) is 0 Å². The van der Waals surface area contributed by atoms with E-state index in [1.807, 2.05) is 13.0 Å². The van der Waals surface area contributed by atoms with Crippen molar-refractivity contribution in [2.45, 2.75) is 6.92 Å². The van der Waals surface area contributed by atoms with E-state index in [1.165, 1.54) is 0 Å². The van der Waals surface area contributed by atoms with Crippen molar-refractivity contribution >= 4 is 23.3 Å². The molecule has 0 spiro atoms. The van der Waals surface area contributed by atoms with E-state index in [2.05, 4.69) is 20.2 Å². The lowest BCUT2D eigenvalue weighted by molar-refractivity contribution is 0.0946. The zero-order chi connectivity index (χ0) is 18.4. The maximum Gasteiger partial charge on any atom is 0.251 e. The van der Waals surface area contributed by atoms with E-state index in [1.54, 1.807) is 24.3 Å². The van der Waals surface area contributed by atoms with Crippen molar-refractivity contribution in [1.29, 1.82) is 0 Å². The number of halogens is 1. The molecule has 0 aliphatic carbocycles. The predicted molar refractivity (Wildman–Crippen MR) is 99.1 cm³/mol. The molecule has 0 saturated carbocycles. The molecule has 1 N–H and O–H groups in total. The number of nitrogens with one attached hydrogen (secondary N) is 1. The summed E-state index contributed by atoms with van der Waals surface area (Å²) < 4.78 is 11.0. The van der Waals surface area contributed by atoms with Gasteiger partial charge in [-0.3, -0.25) is 4.79 Å². The fourth-order valence-electron chi connectivity index (χ4n) is 2.61. The molecule has 8 heteroatoms. The normalized spacial score (nSPS) is 14.2. The summed E-state index contributed by atoms with van der Waals surface area (Å²) in [6.07, 6.45) is 0. The molecule has 0 bridgehead atoms. The third-order valence-electron chi connectivity index (χ3n) is 3.86. The standard InChI is InChI=1S/C18H21ClN4O3/c1-13-21-16(23-6-9-25-10-7-23)12-17(22-13)26-8-5-20-18(24)14-3-2-4-15(19)11-14/h2-4,11-12H,5-10H2,1H3,(H,20,24). The predicted octanol–water partition coefficient (Wildman–Crippen LogP) is 2.08. The smallest absolute Gasteiger partial charge is 0.251 e. The number of nitrogens with zero attached hydrogens (tertiary/aromatic N) is 3. The molecule has 138 valence electrons. The third kappa shape index (κ3) is 5.06. The Kier molecular flexibility index (Phi) is 6.25. The van der Waals surface area contributed by atoms with Crippen molar-refractivity contribution in [3.05, 3.63) is 46.7 Å². The second kappa shape index (κ2) is 8.82. The van der Waals surface area contributed by atoms with Crippen LogP contribution >= 0.6 is 11.6 Å². The van der Waals surface area contributed by atoms with Crippen LogP contribution in [0.15, 0.2) is 30.3 Å². The number of carbonyl (C=O) groups excluding carboxylic acids is 1. The van der Waals surface area contributed by atoms with E-state index in [0.29, 0.717) is 48.7 Å². The molecule has 1 fully saturated rings. The molecule has 1 amide bonds. The summed E-state index contributed by atoms with van der Waals surface area (Å²) in [5.41, 5.74) is 0.519. The van der Waals surface area contributed by atoms with Crippen LogP contribution < -0.4 is 15.0 Å². The summed E-state index contributed by atoms with van der Waals surface area (Å²) >= 11 is 5.89. The lowest BCUT2D eigenvalue weighted by Crippen LogP contribution is -2.37. The van der Waals surface area contributed by atoms with Crippen LogP contribution in [-0.4, -0.2) is 55.3 Å². The van der Waals surface area contributed by atoms with Gasteiger partial charge in [0, 0.05) is 29.7 Å². The molecule has 1 aliphatic rings. The van der Waals surface area contributed by atoms with Gasteiger partial charge in [0.05, 0.1) is 19.8 Å². The molecule has 2 heterocycles. The average molecular weight is 377 g/mol. The number of morpholine rings is 1. The van der Waals surface area contributed by atoms with E-state index >= 15 is 0 Å². The first-order valence-corrected chi connectivity index (χ1v) is 8.84. The van der Waals surface area contributed by atoms with E-state index < -0.39 is 0 Å². The van der Waals surface area contributed by atoms with Gasteiger partial charge in [-0.05, 0) is 25.1 Å². The molecule has 1 aromatic heterocycles. The van der Waals surface area contributed by atoms with Gasteiger partial charge in [-0.15, -0.1) is 0 Å². The van der Waals surface area contributed by atoms with Crippen LogP contribution in [0.2, 0.25) is 5.02 Å². The van der Waals surface area contributed by atoms with E-state index in [0.717, 1.165) is 18.9 Å². The number of hydrogen-bond acceptors (Lipinski definition) is 6. The number of hydrogen-bond donors (Lipinski definition) is 1. The minimum Gasteiger partial charge on any atom is -0.476 e. The first kappa shape index (κ1) is 18.4. The number of anilines is 1. The first-order valence-electron chi connectivity index (χ1n) is 8.47. The van der Waals surface area contributed by atoms with Crippen molar-refractivity contribution < 1.29 is 14.3 Å². The quantitative estimate of drug-likeness (QED) is 0.778. The summed E-state index contributed by atoms with van der Waals surface area (Å²) in [5.74, 6) is 1.78. The monoisotopic (exact) mass is 376 g/mol. The minimum atomic E-state index is -0.191. The highest BCUT2D eigenvalue weighted by Crippen LogP contribution is 2.18. The SMILES string of the molecule is Cc1nc(OCCNC(=O)c2cccc(Cl)c2)cc(N2CCOCC2)n1. The Morgan fingerprint density at radius 1 is 1.31 bits per heavy atom. The molecule has 1 aromatic carbocycles. The molecule has 7 nitrogen and oxygen atoms in total. The minimum absolute atomic E-state index is 0.191. The van der Waals surface area contributed by atoms with Crippen molar-refractivity contribution in [2.24, 2.45) is 0 Å². The zero-order valence-electron chi connectivity index (χ0n) is 14.6. The number of rotatable bonds is 6. The van der Waals surface area contributed by atoms with Gasteiger partial charge in [0.2, 0.25) is 5.88 Å². The Labute approximate surface area is 157 Å². The Hall–Kier alpha value is -2.38. The summed E-state index contributed by atoms with van der Waals surface area (Å²) in [6, 6.07) is 8.62. The molecular weight excluding hydrogens is 356 g/mol. The number of benzene rings is 1. The summed E-state index contributed by atoms with van der Waals surface area (Å²) in [6.45, 7) is 5.48. The fourth-order valence-corrected chi connectivity index (χ4v) is 2.80. The average Bonchev–Trinajstić information content (AvgIpc) is 2.65. The Morgan fingerprint density at radius 3 is 2.88 bits per heavy atom. The summed E-state index contributed by atoms with van der Waals surface area (Å²) in [5, 5.41) is 3.32. The Bertz CT molecular complexity index is 766. The number of amides is 1. The summed E-state index contributed by atoms with van der Waals surface area (Å²) in [7, 11) is 0. The van der Waals surface area contributed by atoms with Crippen molar-refractivity contribution in [1.82, 2.24) is 15.3 Å². The maximum absolute atomic E-state index is 12.1. The molecule has 0 unspecified atom stereocenters. The topological polar surface area (TPSA) is 76.6 Å². The van der Waals surface area contributed by atoms with Gasteiger partial charge < -0.3 is 19.7 Å². The number of aryl methyl sites for hydroxylation is 1. The van der Waals surface area contributed by atoms with Gasteiger partial charge >= 0.3 is 0 Å². The van der Waals surface area contributed by atoms with E-state index in [-0.39, 0.29) is 5.91 Å². The maximum atomic E-state index is 12.1. The molecule has 0 radical (unpaired) electrons. The molecule has 26 heavy (non-hydrogen) atoms. The van der Waals surface area contributed by atoms with Gasteiger partial charge in [0.15, 0.2) is 0 Å². The van der Waals surface area contributed by atoms with Crippen LogP contribution in [0.5, 0.6) is 5.88 Å². The van der Waals surface area contributed by atoms with Crippen LogP contribution in [0.4, 0.5) is 5.82 Å². The van der Waals surface area contributed by atoms with Crippen molar-refractivity contribution in [3.8, 4) is 5.88 Å². The number of carbonyl (C=O) groups is 1. The fraction of sp³-hybridized carbons (Fsp3) is 0.389. The van der Waals surface area contributed by atoms with Gasteiger partial charge in [-0.25, -0.2) is 4.98 Å². The lowest BCUT2D eigenvalue weighted by Gasteiger charge is -2.28. The third-order valence-corrected chi connectivity index (χ3v) is 4.10. The first-order chi connectivity index (χ1) is 12.6. The van der Waals surface area contributed by atoms with Crippen LogP contribution in [0.3, 0.4) is 0 Å². The van der Waals surface area contributed by atoms with E-state index in [9.17, 15) is 4.79 Å². The van der Waals surface area contributed by atoms with Gasteiger partial charge in [0.25, 0.3) is 5.91 Å². The molecule has 3 rings (SSSR count). The molecular formula is C18H21ClN4O3. The van der Waals surface area contributed by atoms with Crippen LogP contribution in [0.1, 0.15) is 16.2 Å². The Morgan fingerprint density at radius 2 is 2.12 bits per heavy atom. The van der Waals surface area contributed by atoms with Gasteiger partial charge in [0.1, 0.15) is 18.2 Å². The largest absolute Gasteiger partial charge is 0.476 e. The van der Waals surface area contributed by atoms with Gasteiger partial charge in [-0.1, -0.05) is 17.7 Å². The lowest BCUT2D eigenvalue weighted by atomic mass is 10.2. The van der Waals surface area contributed by atoms with Crippen LogP contribution in [-0.2, 0) is 4.74 Å². The second-order valence-electron chi connectivity index (χ2n) is 5.83. The number of ether oxygens (including phenoxy) is 2. The highest BCUT2D eigenvalue weighted by Gasteiger charge is 2.14. The van der Waals surface area contributed by atoms with Crippen LogP contribution in [0, 0.1) is 6.92 Å². The highest BCUT2D eigenvalue weighted by molar-refractivity contribution is 6.30. The van der Waals surface area contributed by atoms with Crippen molar-refractivity contribution in [2.75, 3.05) is 44.4 Å². The summed E-state index contributed by atoms with van der Waals surface area (Å²) in [4.78, 5) is 23.0. The molecule has 1 saturated heterocycles. The van der Waals surface area contributed by atoms with Gasteiger partial charge in [-0.2, -0.15) is 4.98 Å². The second-order valence-corrected chi connectivity index (χ2v) is 6.26. The highest BCUT2D eigenvalue weighted by atomic mass is 35.5. The number of aromatic nitrogens is 2. The Balaban J connectivity index is 1.51. The molecule has 2 aromatic rings. The van der Waals surface area contributed by atoms with E-state index in [4.69, 9.17) is 21.1 Å². The van der Waals surface area contributed by atoms with Crippen LogP contribution in [0.25, 0.3) is 0 Å².